The summed E-state index contributed by atoms with van der Waals surface area (Å²) in [6.07, 6.45) is 1.45. The Morgan fingerprint density at radius 1 is 1.30 bits per heavy atom. The zero-order chi connectivity index (χ0) is 24.6. The molecule has 7 nitrogen and oxygen atoms in total. The molecule has 2 aromatic rings. The molecule has 33 heavy (non-hydrogen) atoms. The van der Waals surface area contributed by atoms with Crippen LogP contribution in [0.2, 0.25) is 5.02 Å². The fourth-order valence-electron chi connectivity index (χ4n) is 4.16. The maximum Gasteiger partial charge on any atom is 0.328 e. The highest BCUT2D eigenvalue weighted by Crippen LogP contribution is 2.51. The molecule has 180 valence electrons. The second-order valence-corrected chi connectivity index (χ2v) is 10.4. The molecule has 3 unspecified atom stereocenters. The minimum absolute atomic E-state index is 0.0417. The summed E-state index contributed by atoms with van der Waals surface area (Å²) in [6.45, 7) is 8.19. The molecule has 0 aliphatic carbocycles. The van der Waals surface area contributed by atoms with Crippen molar-refractivity contribution in [1.82, 2.24) is 9.88 Å². The van der Waals surface area contributed by atoms with Crippen molar-refractivity contribution in [2.24, 2.45) is 0 Å². The number of rotatable bonds is 2. The van der Waals surface area contributed by atoms with Crippen LogP contribution in [0.3, 0.4) is 0 Å². The van der Waals surface area contributed by atoms with Gasteiger partial charge in [0, 0.05) is 35.9 Å². The van der Waals surface area contributed by atoms with E-state index in [1.807, 2.05) is 39.8 Å². The summed E-state index contributed by atoms with van der Waals surface area (Å²) in [5.74, 6) is 0.145. The largest absolute Gasteiger partial charge is 0.483 e. The van der Waals surface area contributed by atoms with Gasteiger partial charge >= 0.3 is 5.97 Å². The Balaban J connectivity index is 0.000000454. The number of aryl methyl sites for hydroxylation is 1. The van der Waals surface area contributed by atoms with Crippen LogP contribution in [0.5, 0.6) is 5.75 Å². The molecule has 1 fully saturated rings. The van der Waals surface area contributed by atoms with Gasteiger partial charge in [-0.15, -0.1) is 11.6 Å². The van der Waals surface area contributed by atoms with Gasteiger partial charge in [0.25, 0.3) is 0 Å². The maximum atomic E-state index is 12.1. The van der Waals surface area contributed by atoms with E-state index < -0.39 is 17.6 Å². The molecule has 4 rings (SSSR count). The van der Waals surface area contributed by atoms with E-state index in [9.17, 15) is 9.59 Å². The van der Waals surface area contributed by atoms with Crippen LogP contribution < -0.4 is 4.74 Å². The van der Waals surface area contributed by atoms with Crippen molar-refractivity contribution < 1.29 is 23.8 Å². The number of amides is 1. The number of likely N-dealkylation sites (tertiary alicyclic amines) is 1. The SMILES string of the molecule is COC(=O)C1CC2(CC(Cl)c3c(c(C)nc4ccc(Cl)cc34)O2)CN1C=O.COC(C)(C)C. The number of hydrogen-bond donors (Lipinski definition) is 0. The van der Waals surface area contributed by atoms with E-state index in [0.29, 0.717) is 35.7 Å². The highest BCUT2D eigenvalue weighted by atomic mass is 35.5. The molecule has 2 aliphatic rings. The summed E-state index contributed by atoms with van der Waals surface area (Å²) < 4.78 is 16.2. The standard InChI is InChI=1S/C19H18Cl2N2O4.C5H12O/c1-10-17-16(12-5-11(20)3-4-14(12)22-10)13(21)6-19(27-17)7-15(18(25)26-2)23(8-19)9-24;1-5(2,3)6-4/h3-5,9,13,15H,6-8H2,1-2H3;1-4H3. The van der Waals surface area contributed by atoms with Crippen LogP contribution in [0.25, 0.3) is 10.9 Å². The van der Waals surface area contributed by atoms with E-state index in [0.717, 1.165) is 16.5 Å². The number of hydrogen-bond acceptors (Lipinski definition) is 6. The third-order valence-corrected chi connectivity index (χ3v) is 6.56. The van der Waals surface area contributed by atoms with Crippen molar-refractivity contribution in [3.8, 4) is 5.75 Å². The van der Waals surface area contributed by atoms with Gasteiger partial charge in [-0.2, -0.15) is 0 Å². The molecule has 0 N–H and O–H groups in total. The van der Waals surface area contributed by atoms with Crippen LogP contribution in [-0.4, -0.2) is 60.3 Å². The van der Waals surface area contributed by atoms with Crippen LogP contribution in [0.15, 0.2) is 18.2 Å². The first-order valence-electron chi connectivity index (χ1n) is 10.7. The molecule has 1 spiro atoms. The zero-order valence-corrected chi connectivity index (χ0v) is 21.3. The minimum Gasteiger partial charge on any atom is -0.483 e. The molecule has 0 saturated carbocycles. The lowest BCUT2D eigenvalue weighted by atomic mass is 9.87. The average molecular weight is 497 g/mol. The quantitative estimate of drug-likeness (QED) is 0.336. The normalized spacial score (nSPS) is 24.1. The summed E-state index contributed by atoms with van der Waals surface area (Å²) >= 11 is 13.0. The number of pyridine rings is 1. The number of alkyl halides is 1. The van der Waals surface area contributed by atoms with Crippen molar-refractivity contribution in [2.75, 3.05) is 20.8 Å². The lowest BCUT2D eigenvalue weighted by Gasteiger charge is -2.38. The number of esters is 1. The zero-order valence-electron chi connectivity index (χ0n) is 19.8. The van der Waals surface area contributed by atoms with Gasteiger partial charge in [0.2, 0.25) is 6.41 Å². The Hall–Kier alpha value is -2.09. The maximum absolute atomic E-state index is 12.1. The Morgan fingerprint density at radius 3 is 2.55 bits per heavy atom. The number of ether oxygens (including phenoxy) is 3. The van der Waals surface area contributed by atoms with Crippen LogP contribution in [0.1, 0.15) is 50.2 Å². The molecule has 3 heterocycles. The minimum atomic E-state index is -0.752. The summed E-state index contributed by atoms with van der Waals surface area (Å²) in [4.78, 5) is 29.6. The summed E-state index contributed by atoms with van der Waals surface area (Å²) in [7, 11) is 3.02. The monoisotopic (exact) mass is 496 g/mol. The number of carbonyl (C=O) groups excluding carboxylic acids is 2. The fraction of sp³-hybridized carbons (Fsp3) is 0.542. The van der Waals surface area contributed by atoms with Gasteiger partial charge in [-0.3, -0.25) is 4.79 Å². The highest BCUT2D eigenvalue weighted by molar-refractivity contribution is 6.31. The number of benzene rings is 1. The van der Waals surface area contributed by atoms with Crippen molar-refractivity contribution in [1.29, 1.82) is 0 Å². The van der Waals surface area contributed by atoms with Gasteiger partial charge < -0.3 is 19.1 Å². The van der Waals surface area contributed by atoms with Gasteiger partial charge in [0.15, 0.2) is 0 Å². The van der Waals surface area contributed by atoms with Gasteiger partial charge in [-0.05, 0) is 45.9 Å². The van der Waals surface area contributed by atoms with Crippen molar-refractivity contribution >= 4 is 46.5 Å². The lowest BCUT2D eigenvalue weighted by molar-refractivity contribution is -0.148. The molecule has 0 radical (unpaired) electrons. The van der Waals surface area contributed by atoms with Crippen LogP contribution in [-0.2, 0) is 19.1 Å². The molecule has 1 saturated heterocycles. The van der Waals surface area contributed by atoms with E-state index in [1.165, 1.54) is 12.0 Å². The first-order chi connectivity index (χ1) is 15.4. The van der Waals surface area contributed by atoms with E-state index in [-0.39, 0.29) is 17.5 Å². The first-order valence-corrected chi connectivity index (χ1v) is 11.5. The number of methoxy groups -OCH3 is 2. The summed E-state index contributed by atoms with van der Waals surface area (Å²) in [6, 6.07) is 4.80. The second kappa shape index (κ2) is 9.65. The van der Waals surface area contributed by atoms with Gasteiger partial charge in [-0.25, -0.2) is 9.78 Å². The molecule has 1 aromatic carbocycles. The van der Waals surface area contributed by atoms with Crippen LogP contribution in [0.4, 0.5) is 0 Å². The highest BCUT2D eigenvalue weighted by Gasteiger charge is 2.52. The average Bonchev–Trinajstić information content (AvgIpc) is 3.11. The number of nitrogens with zero attached hydrogens (tertiary/aromatic N) is 2. The van der Waals surface area contributed by atoms with E-state index in [2.05, 4.69) is 4.98 Å². The molecule has 3 atom stereocenters. The van der Waals surface area contributed by atoms with Crippen molar-refractivity contribution in [3.63, 3.8) is 0 Å². The summed E-state index contributed by atoms with van der Waals surface area (Å²) in [5, 5.41) is 1.09. The molecule has 2 aliphatic heterocycles. The predicted molar refractivity (Wildman–Crippen MR) is 128 cm³/mol. The molecule has 9 heteroatoms. The Kier molecular flexibility index (Phi) is 7.46. The predicted octanol–water partition coefficient (Wildman–Crippen LogP) is 4.83. The van der Waals surface area contributed by atoms with Gasteiger partial charge in [0.05, 0.1) is 35.8 Å². The van der Waals surface area contributed by atoms with Crippen molar-refractivity contribution in [3.05, 3.63) is 34.5 Å². The number of halogens is 2. The molecule has 0 bridgehead atoms. The topological polar surface area (TPSA) is 78.0 Å². The Bertz CT molecular complexity index is 1060. The summed E-state index contributed by atoms with van der Waals surface area (Å²) in [5.41, 5.74) is 1.65. The van der Waals surface area contributed by atoms with Crippen molar-refractivity contribution in [2.45, 2.75) is 63.2 Å². The fourth-order valence-corrected chi connectivity index (χ4v) is 4.83. The van der Waals surface area contributed by atoms with E-state index in [4.69, 9.17) is 37.4 Å². The molecular formula is C24H30Cl2N2O5. The van der Waals surface area contributed by atoms with Crippen LogP contribution >= 0.6 is 23.2 Å². The van der Waals surface area contributed by atoms with Gasteiger partial charge in [-0.1, -0.05) is 11.6 Å². The van der Waals surface area contributed by atoms with E-state index in [1.54, 1.807) is 13.2 Å². The molecule has 1 amide bonds. The molecule has 1 aromatic heterocycles. The number of fused-ring (bicyclic) bond motifs is 3. The molecular weight excluding hydrogens is 467 g/mol. The van der Waals surface area contributed by atoms with Gasteiger partial charge in [0.1, 0.15) is 17.4 Å². The first kappa shape index (κ1) is 25.5. The third kappa shape index (κ3) is 5.36. The number of carbonyl (C=O) groups is 2. The third-order valence-electron chi connectivity index (χ3n) is 5.95. The smallest absolute Gasteiger partial charge is 0.328 e. The Morgan fingerprint density at radius 2 is 1.97 bits per heavy atom. The Labute approximate surface area is 204 Å². The van der Waals surface area contributed by atoms with E-state index >= 15 is 0 Å². The van der Waals surface area contributed by atoms with Crippen LogP contribution in [0, 0.1) is 6.92 Å². The second-order valence-electron chi connectivity index (χ2n) is 9.40. The number of aromatic nitrogens is 1. The lowest BCUT2D eigenvalue weighted by Crippen LogP contribution is -2.43.